The van der Waals surface area contributed by atoms with Crippen molar-refractivity contribution in [2.45, 2.75) is 196 Å². The number of β-amino-alcohol motifs (C(OH)–C–C–N with tert-alkyl or cyclic N) is 1. The molecule has 0 spiro atoms. The van der Waals surface area contributed by atoms with Crippen LogP contribution in [0.4, 0.5) is 0 Å². The number of amides is 12. The third-order valence-corrected chi connectivity index (χ3v) is 17.5. The molecule has 3 aliphatic rings. The van der Waals surface area contributed by atoms with Crippen LogP contribution >= 0.6 is 0 Å². The molecule has 12 amide bonds. The Morgan fingerprint density at radius 3 is 2.12 bits per heavy atom. The summed E-state index contributed by atoms with van der Waals surface area (Å²) in [6, 6.07) is 1.13. The molecular formula is C66H93N19O16. The minimum Gasteiger partial charge on any atom is -0.391 e. The maximum absolute atomic E-state index is 15.2. The van der Waals surface area contributed by atoms with Crippen LogP contribution in [0.25, 0.3) is 10.9 Å². The van der Waals surface area contributed by atoms with Crippen LogP contribution in [0.1, 0.15) is 121 Å². The zero-order valence-electron chi connectivity index (χ0n) is 56.4. The Bertz CT molecular complexity index is 3590. The van der Waals surface area contributed by atoms with Gasteiger partial charge in [-0.05, 0) is 68.6 Å². The molecule has 12 atom stereocenters. The molecule has 35 heteroatoms. The van der Waals surface area contributed by atoms with E-state index in [0.717, 1.165) is 27.6 Å². The van der Waals surface area contributed by atoms with Crippen molar-refractivity contribution in [2.24, 2.45) is 27.9 Å². The van der Waals surface area contributed by atoms with E-state index in [0.29, 0.717) is 29.7 Å². The van der Waals surface area contributed by atoms with Crippen molar-refractivity contribution in [3.63, 3.8) is 0 Å². The minimum absolute atomic E-state index is 0.00383. The Morgan fingerprint density at radius 2 is 1.42 bits per heavy atom. The summed E-state index contributed by atoms with van der Waals surface area (Å²) in [6.45, 7) is 2.06. The van der Waals surface area contributed by atoms with E-state index in [4.69, 9.17) is 27.8 Å². The zero-order chi connectivity index (χ0) is 73.3. The number of aliphatic hydroxyl groups is 2. The van der Waals surface area contributed by atoms with E-state index in [2.05, 4.69) is 68.0 Å². The van der Waals surface area contributed by atoms with Gasteiger partial charge in [0.2, 0.25) is 70.9 Å². The van der Waals surface area contributed by atoms with Crippen molar-refractivity contribution in [1.29, 1.82) is 0 Å². The molecule has 35 nitrogen and oxygen atoms in total. The van der Waals surface area contributed by atoms with Gasteiger partial charge in [-0.1, -0.05) is 68.3 Å². The van der Waals surface area contributed by atoms with Crippen LogP contribution in [0.3, 0.4) is 0 Å². The first-order valence-electron chi connectivity index (χ1n) is 33.8. The first kappa shape index (κ1) is 77.8. The van der Waals surface area contributed by atoms with Crippen molar-refractivity contribution in [3.05, 3.63) is 90.1 Å². The van der Waals surface area contributed by atoms with Crippen molar-refractivity contribution in [3.8, 4) is 0 Å². The third kappa shape index (κ3) is 23.5. The monoisotopic (exact) mass is 1410 g/mol. The zero-order valence-corrected chi connectivity index (χ0v) is 56.4. The van der Waals surface area contributed by atoms with Gasteiger partial charge < -0.3 is 100 Å². The van der Waals surface area contributed by atoms with Crippen LogP contribution < -0.4 is 70.9 Å². The van der Waals surface area contributed by atoms with Gasteiger partial charge in [-0.3, -0.25) is 67.3 Å². The van der Waals surface area contributed by atoms with Gasteiger partial charge in [-0.2, -0.15) is 5.48 Å². The Hall–Kier alpha value is -10.6. The van der Waals surface area contributed by atoms with Crippen LogP contribution in [0.5, 0.6) is 0 Å². The molecule has 0 radical (unpaired) electrons. The number of aromatic amines is 2. The summed E-state index contributed by atoms with van der Waals surface area (Å²) in [6.07, 6.45) is 0.0608. The lowest BCUT2D eigenvalue weighted by molar-refractivity contribution is -0.152. The molecule has 21 N–H and O–H groups in total. The van der Waals surface area contributed by atoms with E-state index in [9.17, 15) is 67.7 Å². The summed E-state index contributed by atoms with van der Waals surface area (Å²) in [7, 11) is 0. The number of benzene rings is 2. The largest absolute Gasteiger partial charge is 0.391 e. The number of likely N-dealkylation sites (tertiary alicyclic amines) is 1. The van der Waals surface area contributed by atoms with Gasteiger partial charge in [0.15, 0.2) is 5.96 Å². The number of para-hydroxylation sites is 1. The predicted octanol–water partition coefficient (Wildman–Crippen LogP) is -4.25. The highest BCUT2D eigenvalue weighted by Gasteiger charge is 2.46. The number of aromatic nitrogens is 3. The number of nitrogens with zero attached hydrogens (tertiary/aromatic N) is 4. The van der Waals surface area contributed by atoms with Gasteiger partial charge in [0.1, 0.15) is 60.4 Å². The van der Waals surface area contributed by atoms with Crippen molar-refractivity contribution < 1.29 is 77.4 Å². The lowest BCUT2D eigenvalue weighted by Crippen LogP contribution is -2.60. The van der Waals surface area contributed by atoms with E-state index in [-0.39, 0.29) is 103 Å². The van der Waals surface area contributed by atoms with E-state index in [1.165, 1.54) is 12.5 Å². The number of guanidine groups is 1. The fourth-order valence-electron chi connectivity index (χ4n) is 12.3. The molecule has 0 saturated carbocycles. The van der Waals surface area contributed by atoms with Crippen LogP contribution in [0.2, 0.25) is 0 Å². The number of fused-ring (bicyclic) bond motifs is 2. The summed E-state index contributed by atoms with van der Waals surface area (Å²) in [5.41, 5.74) is 27.2. The molecule has 2 unspecified atom stereocenters. The Kier molecular flexibility index (Phi) is 29.4. The molecular weight excluding hydrogens is 1310 g/mol. The number of hydrogen-bond acceptors (Lipinski definition) is 19. The highest BCUT2D eigenvalue weighted by atomic mass is 16.7. The van der Waals surface area contributed by atoms with E-state index >= 15 is 4.79 Å². The van der Waals surface area contributed by atoms with Crippen molar-refractivity contribution in [1.82, 2.24) is 72.8 Å². The van der Waals surface area contributed by atoms with Crippen molar-refractivity contribution >= 4 is 93.7 Å². The van der Waals surface area contributed by atoms with Gasteiger partial charge >= 0.3 is 5.97 Å². The smallest absolute Gasteiger partial charge is 0.324 e. The van der Waals surface area contributed by atoms with Gasteiger partial charge in [-0.15, -0.1) is 0 Å². The number of carbonyl (C=O) groups excluding carboxylic acids is 13. The summed E-state index contributed by atoms with van der Waals surface area (Å²) < 4.78 is 0. The number of carbonyl (C=O) groups is 13. The number of primary amides is 2. The molecule has 3 fully saturated rings. The second-order valence-electron chi connectivity index (χ2n) is 25.4. The van der Waals surface area contributed by atoms with Crippen molar-refractivity contribution in [2.75, 3.05) is 26.2 Å². The summed E-state index contributed by atoms with van der Waals surface area (Å²) >= 11 is 0. The molecule has 2 aromatic heterocycles. The predicted molar refractivity (Wildman–Crippen MR) is 362 cm³/mol. The molecule has 5 heterocycles. The molecule has 7 rings (SSSR count). The number of nitrogens with one attached hydrogen (secondary N) is 11. The van der Waals surface area contributed by atoms with Gasteiger partial charge in [0.25, 0.3) is 0 Å². The number of rotatable bonds is 25. The average molecular weight is 1410 g/mol. The van der Waals surface area contributed by atoms with E-state index in [1.807, 2.05) is 18.2 Å². The molecule has 3 aliphatic heterocycles. The second kappa shape index (κ2) is 38.1. The number of aliphatic hydroxyl groups excluding tert-OH is 2. The highest BCUT2D eigenvalue weighted by Crippen LogP contribution is 2.25. The fourth-order valence-corrected chi connectivity index (χ4v) is 12.3. The third-order valence-electron chi connectivity index (χ3n) is 17.5. The van der Waals surface area contributed by atoms with E-state index in [1.54, 1.807) is 49.5 Å². The molecule has 0 aliphatic carbocycles. The number of H-pyrrole nitrogens is 2. The van der Waals surface area contributed by atoms with Gasteiger partial charge in [-0.25, -0.2) is 4.98 Å². The Morgan fingerprint density at radius 1 is 0.733 bits per heavy atom. The normalized spacial score (nSPS) is 23.1. The summed E-state index contributed by atoms with van der Waals surface area (Å²) in [5.74, 6) is -11.6. The summed E-state index contributed by atoms with van der Waals surface area (Å²) in [5, 5.41) is 44.4. The number of unbranched alkanes of at least 4 members (excludes halogenated alkanes) is 1. The number of imidazole rings is 1. The molecule has 4 aromatic rings. The van der Waals surface area contributed by atoms with Gasteiger partial charge in [0.05, 0.1) is 18.5 Å². The Labute approximate surface area is 581 Å². The number of hydroxylamine groups is 1. The standard InChI is InChI=1S/C66H93N19O16/c1-3-4-16-45(79-62(97)52-29-41(88)34-85(52)65(100)51(28-39-32-71-35-74-39)83-59(94)47(76-36(2)86)20-22-54(67)89)57(92)80-48-21-23-55(90)101-75-25-11-10-18-44(56(68)91)77-61(96)50(27-38-31-73-43-17-9-8-15-42(38)43)81-58(93)46(19-12-24-72-66(69)70)78-60(95)49(26-37-13-6-5-7-14-37)82-63(98)53-30-40(87)33-84(53)64(48)99/h5-9,13-15,17,31-32,35,40-41,44-53,73,75,87-88H,3-4,10-12,16,18-30,33-34H2,1-2H3,(H2,67,89)(H2,68,91)(H,71,74)(H,76,86)(H,77,96)(H,78,95)(H,79,97)(H,80,92)(H,81,93)(H,82,98)(H,83,94)(H4,69,70,72)/t40?,41?,44-,45-,46-,47-,48-,49+,50-,51-,52-,53-/m0/s1. The highest BCUT2D eigenvalue weighted by molar-refractivity contribution is 6.00. The quantitative estimate of drug-likeness (QED) is 0.0170. The number of nitrogens with two attached hydrogens (primary N) is 4. The van der Waals surface area contributed by atoms with Crippen LogP contribution in [-0.4, -0.2) is 217 Å². The lowest BCUT2D eigenvalue weighted by atomic mass is 10.0. The first-order chi connectivity index (χ1) is 48.3. The maximum atomic E-state index is 15.2. The van der Waals surface area contributed by atoms with E-state index < -0.39 is 175 Å². The number of aliphatic imine (C=N–C) groups is 1. The first-order valence-corrected chi connectivity index (χ1v) is 33.8. The molecule has 101 heavy (non-hydrogen) atoms. The fraction of sp³-hybridized carbons (Fsp3) is 0.530. The minimum atomic E-state index is -1.70. The van der Waals surface area contributed by atoms with Gasteiger partial charge in [0, 0.05) is 107 Å². The topological polar surface area (TPSA) is 547 Å². The van der Waals surface area contributed by atoms with Crippen LogP contribution in [-0.2, 0) is 86.4 Å². The molecule has 0 bridgehead atoms. The SMILES string of the molecule is CCCC[C@H](NC(=O)[C@@H]1CC(O)CN1C(=O)[C@H](Cc1cnc[nH]1)NC(=O)[C@H](CCC(N)=O)NC(C)=O)C(=O)N[C@H]1CCC(=O)ONCCCC[C@@H](C(N)=O)NC(=O)[C@H](Cc2c[nH]c3ccccc23)NC(=O)[C@H](CCCN=C(N)N)NC(=O)[C@@H](Cc2ccccc2)NC(=O)[C@@H]2CC(O)CN2C1=O. The summed E-state index contributed by atoms with van der Waals surface area (Å²) in [4.78, 5) is 204. The number of hydrogen-bond donors (Lipinski definition) is 17. The Balaban J connectivity index is 1.18. The maximum Gasteiger partial charge on any atom is 0.324 e. The lowest BCUT2D eigenvalue weighted by Gasteiger charge is -2.32. The average Bonchev–Trinajstić information content (AvgIpc) is 1.69. The molecule has 548 valence electrons. The molecule has 3 saturated heterocycles. The van der Waals surface area contributed by atoms with Crippen LogP contribution in [0.15, 0.2) is 78.3 Å². The van der Waals surface area contributed by atoms with Crippen LogP contribution in [0, 0.1) is 0 Å². The molecule has 2 aromatic carbocycles. The second-order valence-corrected chi connectivity index (χ2v) is 25.4.